The number of thiazole rings is 1. The van der Waals surface area contributed by atoms with E-state index < -0.39 is 0 Å². The second-order valence-corrected chi connectivity index (χ2v) is 8.31. The van der Waals surface area contributed by atoms with Crippen LogP contribution in [0.5, 0.6) is 0 Å². The molecule has 2 amide bonds. The molecule has 1 aliphatic carbocycles. The van der Waals surface area contributed by atoms with E-state index in [0.717, 1.165) is 24.1 Å². The van der Waals surface area contributed by atoms with Gasteiger partial charge in [0.25, 0.3) is 0 Å². The number of likely N-dealkylation sites (tertiary alicyclic amines) is 1. The molecule has 26 heavy (non-hydrogen) atoms. The van der Waals surface area contributed by atoms with Crippen LogP contribution in [0, 0.1) is 26.7 Å². The molecular formula is C20H23N3O2S. The van der Waals surface area contributed by atoms with Gasteiger partial charge in [-0.05, 0) is 56.4 Å². The molecule has 136 valence electrons. The topological polar surface area (TPSA) is 62.3 Å². The van der Waals surface area contributed by atoms with Crippen molar-refractivity contribution in [3.8, 4) is 11.3 Å². The summed E-state index contributed by atoms with van der Waals surface area (Å²) in [7, 11) is 0. The van der Waals surface area contributed by atoms with Crippen LogP contribution in [0.15, 0.2) is 17.5 Å². The van der Waals surface area contributed by atoms with Gasteiger partial charge < -0.3 is 10.2 Å². The Balaban J connectivity index is 1.46. The Morgan fingerprint density at radius 1 is 1.19 bits per heavy atom. The summed E-state index contributed by atoms with van der Waals surface area (Å²) >= 11 is 1.43. The number of rotatable bonds is 4. The van der Waals surface area contributed by atoms with Crippen molar-refractivity contribution < 1.29 is 9.59 Å². The molecule has 1 atom stereocenters. The third kappa shape index (κ3) is 3.26. The summed E-state index contributed by atoms with van der Waals surface area (Å²) in [6, 6.07) is 4.69. The molecule has 2 heterocycles. The van der Waals surface area contributed by atoms with Crippen LogP contribution < -0.4 is 5.32 Å². The highest BCUT2D eigenvalue weighted by atomic mass is 32.1. The lowest BCUT2D eigenvalue weighted by atomic mass is 9.99. The van der Waals surface area contributed by atoms with Crippen LogP contribution in [-0.2, 0) is 9.59 Å². The van der Waals surface area contributed by atoms with E-state index >= 15 is 0 Å². The summed E-state index contributed by atoms with van der Waals surface area (Å²) in [6.07, 6.45) is 2.47. The molecule has 1 N–H and O–H groups in total. The second kappa shape index (κ2) is 6.50. The Morgan fingerprint density at radius 3 is 2.65 bits per heavy atom. The lowest BCUT2D eigenvalue weighted by Gasteiger charge is -2.14. The summed E-state index contributed by atoms with van der Waals surface area (Å²) < 4.78 is 0. The van der Waals surface area contributed by atoms with E-state index in [-0.39, 0.29) is 17.7 Å². The lowest BCUT2D eigenvalue weighted by molar-refractivity contribution is -0.128. The molecule has 6 heteroatoms. The van der Waals surface area contributed by atoms with E-state index in [9.17, 15) is 9.59 Å². The third-order valence-corrected chi connectivity index (χ3v) is 6.13. The fraction of sp³-hybridized carbons (Fsp3) is 0.450. The molecule has 5 nitrogen and oxygen atoms in total. The number of aromatic nitrogens is 1. The molecule has 0 unspecified atom stereocenters. The van der Waals surface area contributed by atoms with Crippen molar-refractivity contribution in [2.75, 3.05) is 11.9 Å². The zero-order valence-corrected chi connectivity index (χ0v) is 16.2. The van der Waals surface area contributed by atoms with E-state index in [1.54, 1.807) is 0 Å². The molecule has 1 aromatic carbocycles. The van der Waals surface area contributed by atoms with Crippen LogP contribution in [-0.4, -0.2) is 34.3 Å². The summed E-state index contributed by atoms with van der Waals surface area (Å²) in [5.41, 5.74) is 5.65. The van der Waals surface area contributed by atoms with Gasteiger partial charge in [-0.15, -0.1) is 11.3 Å². The van der Waals surface area contributed by atoms with Crippen LogP contribution >= 0.6 is 11.3 Å². The minimum absolute atomic E-state index is 0.0980. The molecule has 2 aromatic rings. The Hall–Kier alpha value is -2.21. The van der Waals surface area contributed by atoms with E-state index in [1.165, 1.54) is 28.0 Å². The number of nitrogens with zero attached hydrogens (tertiary/aromatic N) is 2. The Labute approximate surface area is 157 Å². The lowest BCUT2D eigenvalue weighted by Crippen LogP contribution is -2.29. The normalized spacial score (nSPS) is 19.9. The van der Waals surface area contributed by atoms with Crippen LogP contribution in [0.25, 0.3) is 11.3 Å². The third-order valence-electron chi connectivity index (χ3n) is 5.37. The average molecular weight is 369 g/mol. The maximum Gasteiger partial charge on any atom is 0.231 e. The minimum atomic E-state index is -0.265. The highest BCUT2D eigenvalue weighted by molar-refractivity contribution is 7.14. The van der Waals surface area contributed by atoms with Crippen molar-refractivity contribution in [1.82, 2.24) is 9.88 Å². The SMILES string of the molecule is Cc1cc(C)c(-c2csc(NC(=O)[C@H]3CC(=O)N(C4CC4)C3)n2)cc1C. The van der Waals surface area contributed by atoms with Gasteiger partial charge >= 0.3 is 0 Å². The predicted molar refractivity (Wildman–Crippen MR) is 103 cm³/mol. The van der Waals surface area contributed by atoms with Crippen LogP contribution in [0.1, 0.15) is 36.0 Å². The number of carbonyl (C=O) groups is 2. The molecule has 0 radical (unpaired) electrons. The highest BCUT2D eigenvalue weighted by Gasteiger charge is 2.41. The number of anilines is 1. The number of amides is 2. The summed E-state index contributed by atoms with van der Waals surface area (Å²) in [5.74, 6) is -0.253. The fourth-order valence-electron chi connectivity index (χ4n) is 3.55. The molecule has 0 bridgehead atoms. The average Bonchev–Trinajstić information content (AvgIpc) is 3.21. The smallest absolute Gasteiger partial charge is 0.231 e. The van der Waals surface area contributed by atoms with Gasteiger partial charge in [-0.3, -0.25) is 9.59 Å². The first-order chi connectivity index (χ1) is 12.4. The number of hydrogen-bond donors (Lipinski definition) is 1. The van der Waals surface area contributed by atoms with Crippen molar-refractivity contribution in [1.29, 1.82) is 0 Å². The van der Waals surface area contributed by atoms with Gasteiger partial charge in [0.05, 0.1) is 11.6 Å². The van der Waals surface area contributed by atoms with Crippen LogP contribution in [0.2, 0.25) is 0 Å². The molecule has 4 rings (SSSR count). The fourth-order valence-corrected chi connectivity index (χ4v) is 4.26. The van der Waals surface area contributed by atoms with Crippen molar-refractivity contribution >= 4 is 28.3 Å². The van der Waals surface area contributed by atoms with Gasteiger partial charge in [0.1, 0.15) is 0 Å². The Bertz CT molecular complexity index is 885. The minimum Gasteiger partial charge on any atom is -0.339 e. The number of hydrogen-bond acceptors (Lipinski definition) is 4. The van der Waals surface area contributed by atoms with Gasteiger partial charge in [-0.2, -0.15) is 0 Å². The second-order valence-electron chi connectivity index (χ2n) is 7.46. The number of benzene rings is 1. The monoisotopic (exact) mass is 369 g/mol. The van der Waals surface area contributed by atoms with Gasteiger partial charge in [0, 0.05) is 30.0 Å². The molecule has 1 saturated carbocycles. The van der Waals surface area contributed by atoms with Crippen molar-refractivity contribution in [2.45, 2.75) is 46.1 Å². The first-order valence-corrected chi connectivity index (χ1v) is 9.94. The van der Waals surface area contributed by atoms with E-state index in [2.05, 4.69) is 43.2 Å². The van der Waals surface area contributed by atoms with E-state index in [1.807, 2.05) is 10.3 Å². The maximum absolute atomic E-state index is 12.5. The molecule has 2 aliphatic rings. The quantitative estimate of drug-likeness (QED) is 0.894. The first-order valence-electron chi connectivity index (χ1n) is 9.06. The van der Waals surface area contributed by atoms with E-state index in [4.69, 9.17) is 0 Å². The number of aryl methyl sites for hydroxylation is 3. The van der Waals surface area contributed by atoms with Crippen molar-refractivity contribution in [3.63, 3.8) is 0 Å². The van der Waals surface area contributed by atoms with Gasteiger partial charge in [-0.25, -0.2) is 4.98 Å². The van der Waals surface area contributed by atoms with Gasteiger partial charge in [0.2, 0.25) is 11.8 Å². The maximum atomic E-state index is 12.5. The molecular weight excluding hydrogens is 346 g/mol. The molecule has 1 aliphatic heterocycles. The van der Waals surface area contributed by atoms with Crippen LogP contribution in [0.4, 0.5) is 5.13 Å². The van der Waals surface area contributed by atoms with Crippen LogP contribution in [0.3, 0.4) is 0 Å². The van der Waals surface area contributed by atoms with Crippen molar-refractivity contribution in [2.24, 2.45) is 5.92 Å². The molecule has 1 saturated heterocycles. The molecule has 1 aromatic heterocycles. The summed E-state index contributed by atoms with van der Waals surface area (Å²) in [5, 5.41) is 5.48. The number of carbonyl (C=O) groups excluding carboxylic acids is 2. The summed E-state index contributed by atoms with van der Waals surface area (Å²) in [6.45, 7) is 6.82. The Kier molecular flexibility index (Phi) is 4.31. The van der Waals surface area contributed by atoms with Gasteiger partial charge in [0.15, 0.2) is 5.13 Å². The Morgan fingerprint density at radius 2 is 1.92 bits per heavy atom. The van der Waals surface area contributed by atoms with Crippen molar-refractivity contribution in [3.05, 3.63) is 34.2 Å². The number of nitrogens with one attached hydrogen (secondary N) is 1. The first kappa shape index (κ1) is 17.2. The predicted octanol–water partition coefficient (Wildman–Crippen LogP) is 3.68. The summed E-state index contributed by atoms with van der Waals surface area (Å²) in [4.78, 5) is 31.0. The molecule has 2 fully saturated rings. The zero-order chi connectivity index (χ0) is 18.4. The van der Waals surface area contributed by atoms with E-state index in [0.29, 0.717) is 24.1 Å². The standard InChI is InChI=1S/C20H23N3O2S/c1-11-6-13(3)16(7-12(11)2)17-10-26-20(21-17)22-19(25)14-8-18(24)23(9-14)15-4-5-15/h6-7,10,14-15H,4-5,8-9H2,1-3H3,(H,21,22,25)/t14-/m0/s1. The largest absolute Gasteiger partial charge is 0.339 e. The molecule has 0 spiro atoms. The zero-order valence-electron chi connectivity index (χ0n) is 15.3. The van der Waals surface area contributed by atoms with Gasteiger partial charge in [-0.1, -0.05) is 6.07 Å². The highest BCUT2D eigenvalue weighted by Crippen LogP contribution is 2.34.